The van der Waals surface area contributed by atoms with Crippen LogP contribution < -0.4 is 9.47 Å². The molecule has 0 aliphatic heterocycles. The van der Waals surface area contributed by atoms with Crippen LogP contribution in [-0.4, -0.2) is 23.0 Å². The molecule has 0 radical (unpaired) electrons. The molecule has 5 heteroatoms. The number of unbranched alkanes of at least 4 members (excludes halogenated alkanes) is 4. The van der Waals surface area contributed by atoms with E-state index in [1.165, 1.54) is 25.3 Å². The number of phenolic OH excluding ortho intramolecular Hbond substituents is 1. The number of ether oxygens (including phenoxy) is 2. The highest BCUT2D eigenvalue weighted by Gasteiger charge is 2.17. The molecule has 0 bridgehead atoms. The lowest BCUT2D eigenvalue weighted by atomic mass is 10.0. The fourth-order valence-electron chi connectivity index (χ4n) is 2.25. The van der Waals surface area contributed by atoms with Gasteiger partial charge in [0.2, 0.25) is 5.75 Å². The number of aryl methyl sites for hydroxylation is 1. The Morgan fingerprint density at radius 1 is 1.09 bits per heavy atom. The third-order valence-corrected chi connectivity index (χ3v) is 3.37. The van der Waals surface area contributed by atoms with Gasteiger partial charge in [-0.15, -0.1) is 0 Å². The summed E-state index contributed by atoms with van der Waals surface area (Å²) >= 11 is 0. The normalized spacial score (nSPS) is 10.5. The van der Waals surface area contributed by atoms with E-state index in [2.05, 4.69) is 11.7 Å². The van der Waals surface area contributed by atoms with Crippen molar-refractivity contribution in [1.82, 2.24) is 0 Å². The number of rotatable bonds is 10. The van der Waals surface area contributed by atoms with Crippen LogP contribution in [0.5, 0.6) is 17.2 Å². The Bertz CT molecular complexity index is 470. The van der Waals surface area contributed by atoms with Gasteiger partial charge >= 0.3 is 6.16 Å². The highest BCUT2D eigenvalue weighted by molar-refractivity contribution is 5.65. The summed E-state index contributed by atoms with van der Waals surface area (Å²) in [5.74, 6) is 0.0198. The van der Waals surface area contributed by atoms with Gasteiger partial charge in [-0.05, 0) is 30.9 Å². The molecule has 22 heavy (non-hydrogen) atoms. The maximum atomic E-state index is 10.6. The summed E-state index contributed by atoms with van der Waals surface area (Å²) in [4.78, 5) is 10.6. The Morgan fingerprint density at radius 3 is 2.45 bits per heavy atom. The molecule has 1 aromatic carbocycles. The largest absolute Gasteiger partial charge is 0.511 e. The van der Waals surface area contributed by atoms with Gasteiger partial charge in [-0.3, -0.25) is 0 Å². The van der Waals surface area contributed by atoms with Gasteiger partial charge in [0.25, 0.3) is 0 Å². The average molecular weight is 310 g/mol. The predicted molar refractivity (Wildman–Crippen MR) is 85.0 cm³/mol. The van der Waals surface area contributed by atoms with Gasteiger partial charge in [-0.1, -0.05) is 45.6 Å². The van der Waals surface area contributed by atoms with Gasteiger partial charge in [-0.2, -0.15) is 0 Å². The van der Waals surface area contributed by atoms with Crippen molar-refractivity contribution < 1.29 is 24.5 Å². The molecule has 124 valence electrons. The number of benzene rings is 1. The molecule has 0 heterocycles. The van der Waals surface area contributed by atoms with E-state index in [0.29, 0.717) is 12.4 Å². The fraction of sp³-hybridized carbons (Fsp3) is 0.588. The second kappa shape index (κ2) is 9.92. The van der Waals surface area contributed by atoms with Crippen molar-refractivity contribution >= 4 is 6.16 Å². The number of carbonyl (C=O) groups is 1. The van der Waals surface area contributed by atoms with E-state index in [1.807, 2.05) is 6.92 Å². The van der Waals surface area contributed by atoms with Crippen LogP contribution in [0.15, 0.2) is 12.1 Å². The number of aromatic hydroxyl groups is 1. The number of hydrogen-bond acceptors (Lipinski definition) is 4. The highest BCUT2D eigenvalue weighted by Crippen LogP contribution is 2.40. The van der Waals surface area contributed by atoms with E-state index in [0.717, 1.165) is 31.2 Å². The van der Waals surface area contributed by atoms with E-state index in [1.54, 1.807) is 6.07 Å². The number of phenols is 1. The van der Waals surface area contributed by atoms with Crippen molar-refractivity contribution in [2.45, 2.75) is 58.8 Å². The zero-order valence-corrected chi connectivity index (χ0v) is 13.4. The van der Waals surface area contributed by atoms with Crippen molar-refractivity contribution in [3.8, 4) is 17.2 Å². The van der Waals surface area contributed by atoms with Crippen LogP contribution >= 0.6 is 0 Å². The van der Waals surface area contributed by atoms with Gasteiger partial charge in [-0.25, -0.2) is 4.79 Å². The standard InChI is InChI=1S/C17H26O5/c1-3-5-6-7-8-9-13-10-11-14(22-17(19)20)15(18)16(13)21-12-4-2/h10-11,18H,3-9,12H2,1-2H3,(H,19,20). The van der Waals surface area contributed by atoms with Gasteiger partial charge in [0.15, 0.2) is 11.5 Å². The maximum absolute atomic E-state index is 10.6. The van der Waals surface area contributed by atoms with Crippen molar-refractivity contribution in [2.24, 2.45) is 0 Å². The Labute approximate surface area is 131 Å². The lowest BCUT2D eigenvalue weighted by Crippen LogP contribution is -2.05. The average Bonchev–Trinajstić information content (AvgIpc) is 2.48. The van der Waals surface area contributed by atoms with Crippen molar-refractivity contribution in [1.29, 1.82) is 0 Å². The van der Waals surface area contributed by atoms with Crippen LogP contribution in [0.25, 0.3) is 0 Å². The lowest BCUT2D eigenvalue weighted by molar-refractivity contribution is 0.142. The SMILES string of the molecule is CCCCCCCc1ccc(OC(=O)O)c(O)c1OCCC. The molecule has 0 fully saturated rings. The van der Waals surface area contributed by atoms with E-state index < -0.39 is 6.16 Å². The van der Waals surface area contributed by atoms with Gasteiger partial charge < -0.3 is 19.7 Å². The molecule has 0 aliphatic rings. The summed E-state index contributed by atoms with van der Waals surface area (Å²) in [6, 6.07) is 3.24. The molecule has 1 aromatic rings. The van der Waals surface area contributed by atoms with Crippen LogP contribution in [0.2, 0.25) is 0 Å². The van der Waals surface area contributed by atoms with Crippen LogP contribution in [0.1, 0.15) is 57.9 Å². The van der Waals surface area contributed by atoms with Crippen molar-refractivity contribution in [2.75, 3.05) is 6.61 Å². The summed E-state index contributed by atoms with van der Waals surface area (Å²) in [7, 11) is 0. The number of carboxylic acid groups (broad SMARTS) is 1. The van der Waals surface area contributed by atoms with E-state index in [9.17, 15) is 9.90 Å². The number of hydrogen-bond donors (Lipinski definition) is 2. The van der Waals surface area contributed by atoms with Crippen LogP contribution in [0.3, 0.4) is 0 Å². The molecule has 0 atom stereocenters. The highest BCUT2D eigenvalue weighted by atomic mass is 16.7. The first-order chi connectivity index (χ1) is 10.6. The second-order valence-electron chi connectivity index (χ2n) is 5.28. The molecule has 0 aliphatic carbocycles. The first-order valence-corrected chi connectivity index (χ1v) is 7.98. The summed E-state index contributed by atoms with van der Waals surface area (Å²) in [6.45, 7) is 4.61. The van der Waals surface area contributed by atoms with Gasteiger partial charge in [0.1, 0.15) is 0 Å². The van der Waals surface area contributed by atoms with E-state index in [4.69, 9.17) is 9.84 Å². The Balaban J connectivity index is 2.80. The van der Waals surface area contributed by atoms with Crippen molar-refractivity contribution in [3.05, 3.63) is 17.7 Å². The summed E-state index contributed by atoms with van der Waals surface area (Å²) in [5.41, 5.74) is 0.889. The van der Waals surface area contributed by atoms with Crippen LogP contribution in [0, 0.1) is 0 Å². The van der Waals surface area contributed by atoms with Crippen LogP contribution in [0.4, 0.5) is 4.79 Å². The minimum absolute atomic E-state index is 0.0895. The molecular weight excluding hydrogens is 284 g/mol. The molecule has 1 rings (SSSR count). The molecule has 0 unspecified atom stereocenters. The fourth-order valence-corrected chi connectivity index (χ4v) is 2.25. The maximum Gasteiger partial charge on any atom is 0.511 e. The third-order valence-electron chi connectivity index (χ3n) is 3.37. The molecule has 0 saturated carbocycles. The summed E-state index contributed by atoms with van der Waals surface area (Å²) in [5, 5.41) is 18.8. The summed E-state index contributed by atoms with van der Waals surface area (Å²) < 4.78 is 10.2. The zero-order chi connectivity index (χ0) is 16.4. The van der Waals surface area contributed by atoms with Crippen molar-refractivity contribution in [3.63, 3.8) is 0 Å². The predicted octanol–water partition coefficient (Wildman–Crippen LogP) is 4.75. The Kier molecular flexibility index (Phi) is 8.18. The zero-order valence-electron chi connectivity index (χ0n) is 13.4. The molecule has 5 nitrogen and oxygen atoms in total. The molecule has 0 saturated heterocycles. The first kappa shape index (κ1) is 18.1. The van der Waals surface area contributed by atoms with E-state index >= 15 is 0 Å². The first-order valence-electron chi connectivity index (χ1n) is 7.98. The topological polar surface area (TPSA) is 76.0 Å². The quantitative estimate of drug-likeness (QED) is 0.370. The summed E-state index contributed by atoms with van der Waals surface area (Å²) in [6.07, 6.45) is 5.93. The van der Waals surface area contributed by atoms with Crippen LogP contribution in [-0.2, 0) is 6.42 Å². The van der Waals surface area contributed by atoms with Gasteiger partial charge in [0, 0.05) is 0 Å². The minimum Gasteiger partial charge on any atom is -0.502 e. The second-order valence-corrected chi connectivity index (χ2v) is 5.28. The Hall–Kier alpha value is -1.91. The molecular formula is C17H26O5. The monoisotopic (exact) mass is 310 g/mol. The lowest BCUT2D eigenvalue weighted by Gasteiger charge is -2.14. The molecule has 2 N–H and O–H groups in total. The van der Waals surface area contributed by atoms with Gasteiger partial charge in [0.05, 0.1) is 6.61 Å². The third kappa shape index (κ3) is 5.84. The molecule has 0 spiro atoms. The molecule has 0 aromatic heterocycles. The minimum atomic E-state index is -1.45. The smallest absolute Gasteiger partial charge is 0.502 e. The Morgan fingerprint density at radius 2 is 1.82 bits per heavy atom. The molecule has 0 amide bonds. The van der Waals surface area contributed by atoms with E-state index in [-0.39, 0.29) is 11.5 Å².